The molecule has 0 aromatic rings. The van der Waals surface area contributed by atoms with Crippen LogP contribution in [0.25, 0.3) is 0 Å². The molecule has 1 rings (SSSR count). The van der Waals surface area contributed by atoms with Crippen LogP contribution in [0.2, 0.25) is 0 Å². The minimum atomic E-state index is -0.731. The molecule has 0 bridgehead atoms. The van der Waals surface area contributed by atoms with E-state index in [4.69, 9.17) is 5.11 Å². The van der Waals surface area contributed by atoms with Crippen LogP contribution in [-0.2, 0) is 4.79 Å². The Bertz CT molecular complexity index is 346. The second-order valence-electron chi connectivity index (χ2n) is 6.50. The van der Waals surface area contributed by atoms with Gasteiger partial charge in [0.2, 0.25) is 0 Å². The molecule has 0 aromatic carbocycles. The molecule has 2 amide bonds. The molecule has 5 nitrogen and oxygen atoms in total. The topological polar surface area (TPSA) is 69.6 Å². The molecule has 21 heavy (non-hydrogen) atoms. The van der Waals surface area contributed by atoms with Crippen molar-refractivity contribution < 1.29 is 14.7 Å². The van der Waals surface area contributed by atoms with E-state index in [1.807, 2.05) is 4.90 Å². The van der Waals surface area contributed by atoms with E-state index >= 15 is 0 Å². The number of hydrogen-bond donors (Lipinski definition) is 2. The summed E-state index contributed by atoms with van der Waals surface area (Å²) in [6, 6.07) is 0.350. The maximum Gasteiger partial charge on any atom is 0.317 e. The van der Waals surface area contributed by atoms with Gasteiger partial charge < -0.3 is 15.3 Å². The highest BCUT2D eigenvalue weighted by Crippen LogP contribution is 2.26. The summed E-state index contributed by atoms with van der Waals surface area (Å²) in [5.74, 6) is 0.388. The van der Waals surface area contributed by atoms with E-state index in [2.05, 4.69) is 26.1 Å². The zero-order valence-corrected chi connectivity index (χ0v) is 13.6. The number of aliphatic carboxylic acids is 1. The van der Waals surface area contributed by atoms with Gasteiger partial charge in [0.05, 0.1) is 0 Å². The zero-order chi connectivity index (χ0) is 15.8. The van der Waals surface area contributed by atoms with Gasteiger partial charge in [-0.1, -0.05) is 26.7 Å². The first-order valence-corrected chi connectivity index (χ1v) is 8.18. The highest BCUT2D eigenvalue weighted by atomic mass is 16.4. The summed E-state index contributed by atoms with van der Waals surface area (Å²) in [5.41, 5.74) is 0. The van der Waals surface area contributed by atoms with Crippen LogP contribution in [0.15, 0.2) is 0 Å². The molecular weight excluding hydrogens is 268 g/mol. The lowest BCUT2D eigenvalue weighted by Gasteiger charge is -2.41. The molecular formula is C16H30N2O3. The molecule has 2 N–H and O–H groups in total. The van der Waals surface area contributed by atoms with Crippen LogP contribution >= 0.6 is 0 Å². The number of amides is 2. The number of urea groups is 1. The number of unbranched alkanes of at least 4 members (excludes halogenated alkanes) is 3. The van der Waals surface area contributed by atoms with Crippen LogP contribution in [0.3, 0.4) is 0 Å². The number of carbonyl (C=O) groups excluding carboxylic acids is 1. The maximum atomic E-state index is 12.2. The molecule has 3 atom stereocenters. The van der Waals surface area contributed by atoms with E-state index < -0.39 is 5.97 Å². The summed E-state index contributed by atoms with van der Waals surface area (Å²) in [4.78, 5) is 24.6. The number of rotatable bonds is 7. The Labute approximate surface area is 128 Å². The van der Waals surface area contributed by atoms with Crippen LogP contribution in [0.1, 0.15) is 59.3 Å². The van der Waals surface area contributed by atoms with Crippen LogP contribution < -0.4 is 5.32 Å². The summed E-state index contributed by atoms with van der Waals surface area (Å²) in [7, 11) is 0. The fourth-order valence-corrected chi connectivity index (χ4v) is 3.03. The van der Waals surface area contributed by atoms with Crippen molar-refractivity contribution in [3.05, 3.63) is 0 Å². The van der Waals surface area contributed by atoms with Crippen LogP contribution in [0.5, 0.6) is 0 Å². The largest absolute Gasteiger partial charge is 0.481 e. The van der Waals surface area contributed by atoms with Crippen molar-refractivity contribution in [2.75, 3.05) is 13.1 Å². The standard InChI is InChI=1S/C16H30N2O3/c1-12-10-13(2)14(3)18(11-12)16(21)17-9-7-5-4-6-8-15(19)20/h12-14H,4-11H2,1-3H3,(H,17,21)(H,19,20). The van der Waals surface area contributed by atoms with Crippen molar-refractivity contribution in [3.63, 3.8) is 0 Å². The average molecular weight is 298 g/mol. The fraction of sp³-hybridized carbons (Fsp3) is 0.875. The summed E-state index contributed by atoms with van der Waals surface area (Å²) in [5, 5.41) is 11.5. The lowest BCUT2D eigenvalue weighted by molar-refractivity contribution is -0.137. The fourth-order valence-electron chi connectivity index (χ4n) is 3.03. The monoisotopic (exact) mass is 298 g/mol. The Morgan fingerprint density at radius 1 is 1.14 bits per heavy atom. The van der Waals surface area contributed by atoms with Gasteiger partial charge in [0.15, 0.2) is 0 Å². The van der Waals surface area contributed by atoms with Crippen LogP contribution in [0.4, 0.5) is 4.79 Å². The van der Waals surface area contributed by atoms with Gasteiger partial charge >= 0.3 is 12.0 Å². The van der Waals surface area contributed by atoms with E-state index in [1.165, 1.54) is 6.42 Å². The summed E-state index contributed by atoms with van der Waals surface area (Å²) < 4.78 is 0. The van der Waals surface area contributed by atoms with Crippen molar-refractivity contribution >= 4 is 12.0 Å². The van der Waals surface area contributed by atoms with Gasteiger partial charge in [-0.05, 0) is 38.0 Å². The van der Waals surface area contributed by atoms with E-state index in [9.17, 15) is 9.59 Å². The summed E-state index contributed by atoms with van der Waals surface area (Å²) >= 11 is 0. The minimum absolute atomic E-state index is 0.0476. The van der Waals surface area contributed by atoms with Crippen molar-refractivity contribution in [2.24, 2.45) is 11.8 Å². The summed E-state index contributed by atoms with van der Waals surface area (Å²) in [6.07, 6.45) is 4.95. The molecule has 0 aliphatic carbocycles. The number of carboxylic acids is 1. The Hall–Kier alpha value is -1.26. The second-order valence-corrected chi connectivity index (χ2v) is 6.50. The molecule has 0 spiro atoms. The molecule has 3 unspecified atom stereocenters. The lowest BCUT2D eigenvalue weighted by atomic mass is 9.86. The molecule has 0 saturated carbocycles. The molecule has 0 radical (unpaired) electrons. The zero-order valence-electron chi connectivity index (χ0n) is 13.6. The molecule has 1 aliphatic rings. The highest BCUT2D eigenvalue weighted by molar-refractivity contribution is 5.74. The number of piperidine rings is 1. The first-order chi connectivity index (χ1) is 9.91. The molecule has 0 aromatic heterocycles. The van der Waals surface area contributed by atoms with Crippen LogP contribution in [-0.4, -0.2) is 41.1 Å². The average Bonchev–Trinajstić information content (AvgIpc) is 2.41. The van der Waals surface area contributed by atoms with Crippen LogP contribution in [0, 0.1) is 11.8 Å². The van der Waals surface area contributed by atoms with Gasteiger partial charge in [0.25, 0.3) is 0 Å². The van der Waals surface area contributed by atoms with Gasteiger partial charge in [-0.15, -0.1) is 0 Å². The van der Waals surface area contributed by atoms with Gasteiger partial charge in [-0.2, -0.15) is 0 Å². The van der Waals surface area contributed by atoms with Crippen molar-refractivity contribution in [1.29, 1.82) is 0 Å². The molecule has 5 heteroatoms. The first kappa shape index (κ1) is 17.8. The second kappa shape index (κ2) is 8.90. The Morgan fingerprint density at radius 2 is 1.81 bits per heavy atom. The quantitative estimate of drug-likeness (QED) is 0.710. The number of likely N-dealkylation sites (tertiary alicyclic amines) is 1. The van der Waals surface area contributed by atoms with Gasteiger partial charge in [-0.25, -0.2) is 4.79 Å². The van der Waals surface area contributed by atoms with E-state index in [1.54, 1.807) is 0 Å². The lowest BCUT2D eigenvalue weighted by Crippen LogP contribution is -2.52. The van der Waals surface area contributed by atoms with Gasteiger partial charge in [-0.3, -0.25) is 4.79 Å². The third kappa shape index (κ3) is 6.36. The predicted molar refractivity (Wildman–Crippen MR) is 83.2 cm³/mol. The Morgan fingerprint density at radius 3 is 2.48 bits per heavy atom. The smallest absolute Gasteiger partial charge is 0.317 e. The van der Waals surface area contributed by atoms with Gasteiger partial charge in [0, 0.05) is 25.6 Å². The number of nitrogens with one attached hydrogen (secondary N) is 1. The molecule has 1 aliphatic heterocycles. The predicted octanol–water partition coefficient (Wildman–Crippen LogP) is 3.10. The van der Waals surface area contributed by atoms with E-state index in [-0.39, 0.29) is 12.5 Å². The number of hydrogen-bond acceptors (Lipinski definition) is 2. The SMILES string of the molecule is CC1CC(C)C(C)N(C(=O)NCCCCCCC(=O)O)C1. The Balaban J connectivity index is 2.17. The van der Waals surface area contributed by atoms with E-state index in [0.717, 1.165) is 32.2 Å². The molecule has 122 valence electrons. The van der Waals surface area contributed by atoms with Gasteiger partial charge in [0.1, 0.15) is 0 Å². The number of carbonyl (C=O) groups is 2. The molecule has 1 heterocycles. The molecule has 1 fully saturated rings. The van der Waals surface area contributed by atoms with Crippen molar-refractivity contribution in [1.82, 2.24) is 10.2 Å². The third-order valence-corrected chi connectivity index (χ3v) is 4.45. The number of nitrogens with zero attached hydrogens (tertiary/aromatic N) is 1. The van der Waals surface area contributed by atoms with Crippen molar-refractivity contribution in [3.8, 4) is 0 Å². The maximum absolute atomic E-state index is 12.2. The third-order valence-electron chi connectivity index (χ3n) is 4.45. The highest BCUT2D eigenvalue weighted by Gasteiger charge is 2.31. The normalized spacial score (nSPS) is 25.7. The first-order valence-electron chi connectivity index (χ1n) is 8.18. The summed E-state index contributed by atoms with van der Waals surface area (Å²) in [6.45, 7) is 8.06. The Kier molecular flexibility index (Phi) is 7.54. The molecule has 1 saturated heterocycles. The van der Waals surface area contributed by atoms with E-state index in [0.29, 0.717) is 24.4 Å². The minimum Gasteiger partial charge on any atom is -0.481 e. The van der Waals surface area contributed by atoms with Crippen molar-refractivity contribution in [2.45, 2.75) is 65.3 Å². The number of carboxylic acid groups (broad SMARTS) is 1.